The van der Waals surface area contributed by atoms with Crippen LogP contribution in [0.3, 0.4) is 0 Å². The third-order valence-corrected chi connectivity index (χ3v) is 2.74. The molecule has 2 nitrogen and oxygen atoms in total. The first kappa shape index (κ1) is 13.3. The fourth-order valence-electron chi connectivity index (χ4n) is 1.86. The van der Waals surface area contributed by atoms with Gasteiger partial charge in [-0.3, -0.25) is 9.59 Å². The number of hydrogen-bond donors (Lipinski definition) is 0. The van der Waals surface area contributed by atoms with Crippen molar-refractivity contribution in [1.29, 1.82) is 0 Å². The molecule has 0 aliphatic rings. The van der Waals surface area contributed by atoms with Gasteiger partial charge in [-0.05, 0) is 16.3 Å². The van der Waals surface area contributed by atoms with Gasteiger partial charge in [0.05, 0.1) is 0 Å². The highest BCUT2D eigenvalue weighted by Crippen LogP contribution is 2.21. The Balaban J connectivity index is 2.32. The van der Waals surface area contributed by atoms with Gasteiger partial charge in [-0.1, -0.05) is 42.5 Å². The summed E-state index contributed by atoms with van der Waals surface area (Å²) in [7, 11) is 0. The molecule has 2 rings (SSSR count). The Morgan fingerprint density at radius 2 is 1.58 bits per heavy atom. The molecule has 0 unspecified atom stereocenters. The molecule has 0 N–H and O–H groups in total. The molecule has 0 amide bonds. The number of benzene rings is 2. The molecule has 0 saturated carbocycles. The number of alkyl halides is 3. The third-order valence-electron chi connectivity index (χ3n) is 2.74. The lowest BCUT2D eigenvalue weighted by molar-refractivity contribution is -0.174. The smallest absolute Gasteiger partial charge is 0.290 e. The van der Waals surface area contributed by atoms with Gasteiger partial charge in [0, 0.05) is 6.42 Å². The van der Waals surface area contributed by atoms with Crippen LogP contribution in [-0.2, 0) is 16.0 Å². The van der Waals surface area contributed by atoms with Crippen LogP contribution in [0.1, 0.15) is 5.56 Å². The summed E-state index contributed by atoms with van der Waals surface area (Å²) in [5, 5.41) is 1.49. The van der Waals surface area contributed by atoms with Crippen LogP contribution in [0, 0.1) is 0 Å². The van der Waals surface area contributed by atoms with E-state index in [0.29, 0.717) is 10.9 Å². The maximum Gasteiger partial charge on any atom is 0.458 e. The normalized spacial score (nSPS) is 11.5. The van der Waals surface area contributed by atoms with Gasteiger partial charge in [-0.2, -0.15) is 13.2 Å². The van der Waals surface area contributed by atoms with Crippen LogP contribution >= 0.6 is 0 Å². The fourth-order valence-corrected chi connectivity index (χ4v) is 1.86. The number of rotatable bonds is 3. The van der Waals surface area contributed by atoms with Gasteiger partial charge in [0.1, 0.15) is 0 Å². The van der Waals surface area contributed by atoms with Gasteiger partial charge in [0.2, 0.25) is 5.78 Å². The van der Waals surface area contributed by atoms with E-state index in [-0.39, 0.29) is 0 Å². The van der Waals surface area contributed by atoms with E-state index < -0.39 is 24.2 Å². The topological polar surface area (TPSA) is 34.1 Å². The monoisotopic (exact) mass is 266 g/mol. The Labute approximate surface area is 106 Å². The van der Waals surface area contributed by atoms with Gasteiger partial charge in [-0.25, -0.2) is 0 Å². The van der Waals surface area contributed by atoms with Crippen molar-refractivity contribution in [3.8, 4) is 0 Å². The molecule has 98 valence electrons. The van der Waals surface area contributed by atoms with Crippen molar-refractivity contribution >= 4 is 22.3 Å². The van der Waals surface area contributed by atoms with Crippen molar-refractivity contribution in [2.75, 3.05) is 0 Å². The lowest BCUT2D eigenvalue weighted by Gasteiger charge is -2.07. The van der Waals surface area contributed by atoms with E-state index in [0.717, 1.165) is 5.39 Å². The van der Waals surface area contributed by atoms with E-state index in [9.17, 15) is 22.8 Å². The average molecular weight is 266 g/mol. The maximum absolute atomic E-state index is 12.1. The van der Waals surface area contributed by atoms with Crippen LogP contribution in [0.4, 0.5) is 13.2 Å². The predicted molar refractivity (Wildman–Crippen MR) is 63.7 cm³/mol. The van der Waals surface area contributed by atoms with Crippen LogP contribution in [0.5, 0.6) is 0 Å². The van der Waals surface area contributed by atoms with Gasteiger partial charge in [-0.15, -0.1) is 0 Å². The summed E-state index contributed by atoms with van der Waals surface area (Å²) in [4.78, 5) is 22.2. The molecule has 0 aliphatic carbocycles. The lowest BCUT2D eigenvalue weighted by atomic mass is 9.99. The highest BCUT2D eigenvalue weighted by Gasteiger charge is 2.42. The van der Waals surface area contributed by atoms with Gasteiger partial charge >= 0.3 is 12.0 Å². The summed E-state index contributed by atoms with van der Waals surface area (Å²) >= 11 is 0. The molecule has 19 heavy (non-hydrogen) atoms. The minimum Gasteiger partial charge on any atom is -0.290 e. The number of Topliss-reactive ketones (excluding diaryl/α,β-unsaturated/α-hetero) is 2. The third kappa shape index (κ3) is 2.81. The van der Waals surface area contributed by atoms with Crippen LogP contribution in [0.25, 0.3) is 10.8 Å². The molecule has 0 saturated heterocycles. The molecule has 0 aliphatic heterocycles. The van der Waals surface area contributed by atoms with Gasteiger partial charge < -0.3 is 0 Å². The quantitative estimate of drug-likeness (QED) is 0.800. The second-order valence-electron chi connectivity index (χ2n) is 4.07. The molecule has 0 spiro atoms. The minimum atomic E-state index is -5.11. The zero-order valence-corrected chi connectivity index (χ0v) is 9.70. The molecule has 0 atom stereocenters. The SMILES string of the molecule is O=C(Cc1cccc2ccccc12)C(=O)C(F)(F)F. The summed E-state index contributed by atoms with van der Waals surface area (Å²) in [6.45, 7) is 0. The fraction of sp³-hybridized carbons (Fsp3) is 0.143. The van der Waals surface area contributed by atoms with E-state index in [1.54, 1.807) is 42.5 Å². The number of carbonyl (C=O) groups excluding carboxylic acids is 2. The van der Waals surface area contributed by atoms with E-state index in [4.69, 9.17) is 0 Å². The molecular formula is C14H9F3O2. The Morgan fingerprint density at radius 3 is 2.26 bits per heavy atom. The molecule has 0 heterocycles. The van der Waals surface area contributed by atoms with Crippen LogP contribution in [0.15, 0.2) is 42.5 Å². The highest BCUT2D eigenvalue weighted by molar-refractivity contribution is 6.39. The summed E-state index contributed by atoms with van der Waals surface area (Å²) in [6, 6.07) is 12.0. The molecule has 0 aromatic heterocycles. The zero-order chi connectivity index (χ0) is 14.0. The molecule has 5 heteroatoms. The Hall–Kier alpha value is -2.17. The summed E-state index contributed by atoms with van der Waals surface area (Å²) in [6.07, 6.45) is -5.65. The van der Waals surface area contributed by atoms with Crippen molar-refractivity contribution in [3.05, 3.63) is 48.0 Å². The summed E-state index contributed by atoms with van der Waals surface area (Å²) < 4.78 is 36.4. The van der Waals surface area contributed by atoms with E-state index >= 15 is 0 Å². The van der Waals surface area contributed by atoms with Crippen molar-refractivity contribution in [3.63, 3.8) is 0 Å². The van der Waals surface area contributed by atoms with Gasteiger partial charge in [0.25, 0.3) is 0 Å². The Kier molecular flexibility index (Phi) is 3.38. The molecular weight excluding hydrogens is 257 g/mol. The largest absolute Gasteiger partial charge is 0.458 e. The summed E-state index contributed by atoms with van der Waals surface area (Å²) in [5.74, 6) is -3.75. The van der Waals surface area contributed by atoms with Crippen LogP contribution in [0.2, 0.25) is 0 Å². The lowest BCUT2D eigenvalue weighted by Crippen LogP contribution is -2.31. The number of carbonyl (C=O) groups is 2. The second-order valence-corrected chi connectivity index (χ2v) is 4.07. The Bertz CT molecular complexity index is 639. The first-order valence-corrected chi connectivity index (χ1v) is 5.50. The van der Waals surface area contributed by atoms with Crippen LogP contribution < -0.4 is 0 Å². The molecule has 0 bridgehead atoms. The zero-order valence-electron chi connectivity index (χ0n) is 9.70. The van der Waals surface area contributed by atoms with E-state index in [1.165, 1.54) is 0 Å². The van der Waals surface area contributed by atoms with Crippen molar-refractivity contribution in [1.82, 2.24) is 0 Å². The van der Waals surface area contributed by atoms with E-state index in [2.05, 4.69) is 0 Å². The summed E-state index contributed by atoms with van der Waals surface area (Å²) in [5.41, 5.74) is 0.417. The second kappa shape index (κ2) is 4.84. The molecule has 2 aromatic carbocycles. The number of halogens is 3. The number of fused-ring (bicyclic) bond motifs is 1. The van der Waals surface area contributed by atoms with E-state index in [1.807, 2.05) is 0 Å². The van der Waals surface area contributed by atoms with Crippen molar-refractivity contribution < 1.29 is 22.8 Å². The van der Waals surface area contributed by atoms with Crippen molar-refractivity contribution in [2.24, 2.45) is 0 Å². The number of ketones is 2. The predicted octanol–water partition coefficient (Wildman–Crippen LogP) is 3.08. The van der Waals surface area contributed by atoms with Gasteiger partial charge in [0.15, 0.2) is 0 Å². The minimum absolute atomic E-state index is 0.417. The number of hydrogen-bond acceptors (Lipinski definition) is 2. The standard InChI is InChI=1S/C14H9F3O2/c15-14(16,17)13(19)12(18)8-10-6-3-5-9-4-1-2-7-11(9)10/h1-7H,8H2. The molecule has 2 aromatic rings. The first-order valence-electron chi connectivity index (χ1n) is 5.50. The van der Waals surface area contributed by atoms with Crippen LogP contribution in [-0.4, -0.2) is 17.7 Å². The highest BCUT2D eigenvalue weighted by atomic mass is 19.4. The average Bonchev–Trinajstić information content (AvgIpc) is 2.37. The maximum atomic E-state index is 12.1. The Morgan fingerprint density at radius 1 is 0.947 bits per heavy atom. The molecule has 0 fully saturated rings. The first-order chi connectivity index (χ1) is 8.89. The van der Waals surface area contributed by atoms with Crippen molar-refractivity contribution in [2.45, 2.75) is 12.6 Å². The molecule has 0 radical (unpaired) electrons.